The maximum Gasteiger partial charge on any atom is 0.257 e. The van der Waals surface area contributed by atoms with Crippen LogP contribution in [0.3, 0.4) is 0 Å². The number of nitrogens with one attached hydrogen (secondary N) is 1. The van der Waals surface area contributed by atoms with Gasteiger partial charge in [-0.15, -0.1) is 11.3 Å². The lowest BCUT2D eigenvalue weighted by molar-refractivity contribution is -0.117. The highest BCUT2D eigenvalue weighted by atomic mass is 32.1. The summed E-state index contributed by atoms with van der Waals surface area (Å²) in [6.07, 6.45) is 1.43. The Morgan fingerprint density at radius 2 is 2.00 bits per heavy atom. The van der Waals surface area contributed by atoms with Crippen LogP contribution in [0.5, 0.6) is 0 Å². The van der Waals surface area contributed by atoms with Crippen molar-refractivity contribution in [3.8, 4) is 11.3 Å². The van der Waals surface area contributed by atoms with Crippen molar-refractivity contribution in [1.82, 2.24) is 4.98 Å². The van der Waals surface area contributed by atoms with Crippen molar-refractivity contribution < 1.29 is 14.0 Å². The van der Waals surface area contributed by atoms with E-state index in [-0.39, 0.29) is 17.6 Å². The largest absolute Gasteiger partial charge is 0.312 e. The van der Waals surface area contributed by atoms with Gasteiger partial charge in [-0.05, 0) is 42.8 Å². The van der Waals surface area contributed by atoms with E-state index in [1.807, 2.05) is 0 Å². The third-order valence-corrected chi connectivity index (χ3v) is 5.12. The summed E-state index contributed by atoms with van der Waals surface area (Å²) >= 11 is 1.28. The Morgan fingerprint density at radius 1 is 1.19 bits per heavy atom. The average molecular weight is 381 g/mol. The second-order valence-corrected chi connectivity index (χ2v) is 7.06. The predicted octanol–water partition coefficient (Wildman–Crippen LogP) is 4.33. The van der Waals surface area contributed by atoms with E-state index in [4.69, 9.17) is 0 Å². The number of hydrogen-bond donors (Lipinski definition) is 1. The fourth-order valence-electron chi connectivity index (χ4n) is 2.99. The van der Waals surface area contributed by atoms with Crippen molar-refractivity contribution in [2.45, 2.75) is 12.8 Å². The molecular formula is C20H16FN3O2S. The smallest absolute Gasteiger partial charge is 0.257 e. The normalized spacial score (nSPS) is 13.8. The molecule has 7 heteroatoms. The van der Waals surface area contributed by atoms with Crippen LogP contribution in [-0.4, -0.2) is 23.3 Å². The highest BCUT2D eigenvalue weighted by Crippen LogP contribution is 2.26. The molecule has 2 heterocycles. The Hall–Kier alpha value is -3.06. The number of benzene rings is 2. The maximum atomic E-state index is 13.3. The zero-order valence-electron chi connectivity index (χ0n) is 14.3. The van der Waals surface area contributed by atoms with Crippen LogP contribution in [0.1, 0.15) is 23.2 Å². The fraction of sp³-hybridized carbons (Fsp3) is 0.150. The summed E-state index contributed by atoms with van der Waals surface area (Å²) < 4.78 is 13.3. The molecule has 27 heavy (non-hydrogen) atoms. The summed E-state index contributed by atoms with van der Waals surface area (Å²) in [4.78, 5) is 30.3. The van der Waals surface area contributed by atoms with Crippen molar-refractivity contribution in [1.29, 1.82) is 0 Å². The SMILES string of the molecule is O=C(Nc1nc(-c2cccc(F)c2)cs1)c1ccc(N2CCCC2=O)cc1. The molecule has 136 valence electrons. The summed E-state index contributed by atoms with van der Waals surface area (Å²) in [5.74, 6) is -0.503. The number of carbonyl (C=O) groups is 2. The van der Waals surface area contributed by atoms with E-state index in [1.54, 1.807) is 46.7 Å². The molecule has 1 aromatic heterocycles. The molecular weight excluding hydrogens is 365 g/mol. The van der Waals surface area contributed by atoms with E-state index in [0.717, 1.165) is 12.1 Å². The first-order valence-electron chi connectivity index (χ1n) is 8.53. The van der Waals surface area contributed by atoms with Gasteiger partial charge in [0, 0.05) is 35.2 Å². The van der Waals surface area contributed by atoms with Crippen molar-refractivity contribution in [2.24, 2.45) is 0 Å². The number of thiazole rings is 1. The third-order valence-electron chi connectivity index (χ3n) is 4.36. The minimum absolute atomic E-state index is 0.111. The van der Waals surface area contributed by atoms with E-state index < -0.39 is 0 Å². The van der Waals surface area contributed by atoms with Gasteiger partial charge < -0.3 is 4.90 Å². The van der Waals surface area contributed by atoms with Gasteiger partial charge in [-0.25, -0.2) is 9.37 Å². The van der Waals surface area contributed by atoms with E-state index in [9.17, 15) is 14.0 Å². The number of aromatic nitrogens is 1. The van der Waals surface area contributed by atoms with Gasteiger partial charge in [-0.1, -0.05) is 12.1 Å². The van der Waals surface area contributed by atoms with Crippen LogP contribution in [-0.2, 0) is 4.79 Å². The van der Waals surface area contributed by atoms with Crippen LogP contribution >= 0.6 is 11.3 Å². The van der Waals surface area contributed by atoms with Gasteiger partial charge in [0.25, 0.3) is 5.91 Å². The number of nitrogens with zero attached hydrogens (tertiary/aromatic N) is 2. The molecule has 0 aliphatic carbocycles. The zero-order chi connectivity index (χ0) is 18.8. The Kier molecular flexibility index (Phi) is 4.68. The van der Waals surface area contributed by atoms with Crippen LogP contribution in [0.15, 0.2) is 53.9 Å². The first-order valence-corrected chi connectivity index (χ1v) is 9.41. The zero-order valence-corrected chi connectivity index (χ0v) is 15.1. The number of carbonyl (C=O) groups excluding carboxylic acids is 2. The Balaban J connectivity index is 1.45. The molecule has 2 amide bonds. The molecule has 0 spiro atoms. The van der Waals surface area contributed by atoms with Gasteiger partial charge >= 0.3 is 0 Å². The van der Waals surface area contributed by atoms with Gasteiger partial charge in [0.1, 0.15) is 5.82 Å². The Labute approximate surface area is 159 Å². The topological polar surface area (TPSA) is 62.3 Å². The summed E-state index contributed by atoms with van der Waals surface area (Å²) in [5, 5.41) is 4.97. The number of anilines is 2. The lowest BCUT2D eigenvalue weighted by Gasteiger charge is -2.15. The number of rotatable bonds is 4. The van der Waals surface area contributed by atoms with Crippen molar-refractivity contribution in [3.63, 3.8) is 0 Å². The lowest BCUT2D eigenvalue weighted by Crippen LogP contribution is -2.23. The molecule has 1 aliphatic heterocycles. The first-order chi connectivity index (χ1) is 13.1. The third kappa shape index (κ3) is 3.73. The summed E-state index contributed by atoms with van der Waals surface area (Å²) in [6.45, 7) is 0.715. The van der Waals surface area contributed by atoms with E-state index in [1.165, 1.54) is 23.5 Å². The van der Waals surface area contributed by atoms with Gasteiger partial charge in [-0.2, -0.15) is 0 Å². The van der Waals surface area contributed by atoms with Crippen LogP contribution in [0.2, 0.25) is 0 Å². The second kappa shape index (κ2) is 7.28. The molecule has 0 radical (unpaired) electrons. The average Bonchev–Trinajstić information content (AvgIpc) is 3.31. The number of amides is 2. The van der Waals surface area contributed by atoms with E-state index in [2.05, 4.69) is 10.3 Å². The molecule has 1 fully saturated rings. The predicted molar refractivity (Wildman–Crippen MR) is 103 cm³/mol. The van der Waals surface area contributed by atoms with Gasteiger partial charge in [0.05, 0.1) is 5.69 Å². The van der Waals surface area contributed by atoms with Gasteiger partial charge in [0.2, 0.25) is 5.91 Å². The highest BCUT2D eigenvalue weighted by Gasteiger charge is 2.21. The van der Waals surface area contributed by atoms with Crippen molar-refractivity contribution in [2.75, 3.05) is 16.8 Å². The van der Waals surface area contributed by atoms with Gasteiger partial charge in [0.15, 0.2) is 5.13 Å². The van der Waals surface area contributed by atoms with E-state index >= 15 is 0 Å². The Morgan fingerprint density at radius 3 is 2.70 bits per heavy atom. The van der Waals surface area contributed by atoms with Crippen molar-refractivity contribution in [3.05, 3.63) is 65.3 Å². The molecule has 4 rings (SSSR count). The van der Waals surface area contributed by atoms with Crippen molar-refractivity contribution >= 4 is 34.0 Å². The summed E-state index contributed by atoms with van der Waals surface area (Å²) in [6, 6.07) is 13.1. The second-order valence-electron chi connectivity index (χ2n) is 6.20. The Bertz CT molecular complexity index is 1000. The van der Waals surface area contributed by atoms with Crippen LogP contribution in [0.25, 0.3) is 11.3 Å². The molecule has 1 aliphatic rings. The molecule has 0 atom stereocenters. The minimum atomic E-state index is -0.331. The van der Waals surface area contributed by atoms with E-state index in [0.29, 0.717) is 34.9 Å². The standard InChI is InChI=1S/C20H16FN3O2S/c21-15-4-1-3-14(11-15)17-12-27-20(22-17)23-19(26)13-6-8-16(9-7-13)24-10-2-5-18(24)25/h1,3-4,6-9,11-12H,2,5,10H2,(H,22,23,26). The fourth-order valence-corrected chi connectivity index (χ4v) is 3.71. The van der Waals surface area contributed by atoms with Crippen LogP contribution < -0.4 is 10.2 Å². The molecule has 0 bridgehead atoms. The molecule has 2 aromatic carbocycles. The maximum absolute atomic E-state index is 13.3. The molecule has 5 nitrogen and oxygen atoms in total. The summed E-state index contributed by atoms with van der Waals surface area (Å²) in [5.41, 5.74) is 2.55. The van der Waals surface area contributed by atoms with Gasteiger partial charge in [-0.3, -0.25) is 14.9 Å². The molecule has 3 aromatic rings. The first kappa shape index (κ1) is 17.4. The van der Waals surface area contributed by atoms with Crippen LogP contribution in [0.4, 0.5) is 15.2 Å². The molecule has 1 saturated heterocycles. The van der Waals surface area contributed by atoms with Crippen LogP contribution in [0, 0.1) is 5.82 Å². The minimum Gasteiger partial charge on any atom is -0.312 e. The number of halogens is 1. The number of hydrogen-bond acceptors (Lipinski definition) is 4. The highest BCUT2D eigenvalue weighted by molar-refractivity contribution is 7.14. The monoisotopic (exact) mass is 381 g/mol. The molecule has 0 unspecified atom stereocenters. The quantitative estimate of drug-likeness (QED) is 0.732. The summed E-state index contributed by atoms with van der Waals surface area (Å²) in [7, 11) is 0. The lowest BCUT2D eigenvalue weighted by atomic mass is 10.2. The molecule has 0 saturated carbocycles. The molecule has 1 N–H and O–H groups in total.